The van der Waals surface area contributed by atoms with Gasteiger partial charge in [-0.2, -0.15) is 0 Å². The fourth-order valence-electron chi connectivity index (χ4n) is 2.54. The molecule has 2 heterocycles. The monoisotopic (exact) mass is 341 g/mol. The van der Waals surface area contributed by atoms with Crippen molar-refractivity contribution < 1.29 is 4.79 Å². The largest absolute Gasteiger partial charge is 0.352 e. The number of hydrogen-bond donors (Lipinski definition) is 1. The molecular weight excluding hydrogens is 326 g/mol. The highest BCUT2D eigenvalue weighted by Crippen LogP contribution is 2.14. The third-order valence-corrected chi connectivity index (χ3v) is 3.94. The van der Waals surface area contributed by atoms with E-state index in [1.165, 1.54) is 4.57 Å². The van der Waals surface area contributed by atoms with Crippen molar-refractivity contribution in [2.45, 2.75) is 13.5 Å². The van der Waals surface area contributed by atoms with Crippen molar-refractivity contribution in [2.24, 2.45) is 0 Å². The molecule has 2 aromatic heterocycles. The Morgan fingerprint density at radius 1 is 1.25 bits per heavy atom. The number of carbonyl (C=O) groups excluding carboxylic acids is 1. The van der Waals surface area contributed by atoms with Gasteiger partial charge in [0.15, 0.2) is 0 Å². The third kappa shape index (κ3) is 3.16. The van der Waals surface area contributed by atoms with Gasteiger partial charge in [-0.1, -0.05) is 23.7 Å². The van der Waals surface area contributed by atoms with Crippen molar-refractivity contribution in [2.75, 3.05) is 6.54 Å². The highest BCUT2D eigenvalue weighted by molar-refractivity contribution is 6.30. The molecule has 0 spiro atoms. The number of pyridine rings is 2. The zero-order valence-corrected chi connectivity index (χ0v) is 13.9. The average molecular weight is 342 g/mol. The van der Waals surface area contributed by atoms with Gasteiger partial charge in [-0.25, -0.2) is 4.98 Å². The summed E-state index contributed by atoms with van der Waals surface area (Å²) in [5, 5.41) is 4.05. The molecule has 24 heavy (non-hydrogen) atoms. The molecular formula is C18H16ClN3O2. The third-order valence-electron chi connectivity index (χ3n) is 3.68. The van der Waals surface area contributed by atoms with E-state index in [-0.39, 0.29) is 17.0 Å². The first kappa shape index (κ1) is 16.2. The summed E-state index contributed by atoms with van der Waals surface area (Å²) in [6, 6.07) is 12.4. The number of aromatic nitrogens is 2. The average Bonchev–Trinajstić information content (AvgIpc) is 2.59. The second-order valence-corrected chi connectivity index (χ2v) is 5.79. The van der Waals surface area contributed by atoms with Gasteiger partial charge in [-0.15, -0.1) is 0 Å². The number of fused-ring (bicyclic) bond motifs is 1. The molecule has 0 saturated heterocycles. The van der Waals surface area contributed by atoms with Crippen molar-refractivity contribution in [3.8, 4) is 0 Å². The molecule has 0 aliphatic carbocycles. The summed E-state index contributed by atoms with van der Waals surface area (Å²) in [4.78, 5) is 29.3. The summed E-state index contributed by atoms with van der Waals surface area (Å²) in [7, 11) is 0. The van der Waals surface area contributed by atoms with Gasteiger partial charge in [-0.05, 0) is 42.8 Å². The van der Waals surface area contributed by atoms with Gasteiger partial charge in [0, 0.05) is 23.2 Å². The Balaban J connectivity index is 2.17. The molecule has 0 aliphatic rings. The van der Waals surface area contributed by atoms with Crippen LogP contribution in [0.2, 0.25) is 5.02 Å². The first-order chi connectivity index (χ1) is 11.6. The molecule has 3 rings (SSSR count). The van der Waals surface area contributed by atoms with E-state index < -0.39 is 0 Å². The molecule has 1 amide bonds. The number of nitrogens with one attached hydrogen (secondary N) is 1. The van der Waals surface area contributed by atoms with E-state index in [0.29, 0.717) is 23.8 Å². The van der Waals surface area contributed by atoms with Gasteiger partial charge in [0.2, 0.25) is 0 Å². The van der Waals surface area contributed by atoms with E-state index in [1.54, 1.807) is 30.5 Å². The van der Waals surface area contributed by atoms with Crippen LogP contribution >= 0.6 is 11.6 Å². The van der Waals surface area contributed by atoms with Gasteiger partial charge in [0.25, 0.3) is 11.5 Å². The van der Waals surface area contributed by atoms with E-state index >= 15 is 0 Å². The van der Waals surface area contributed by atoms with Crippen LogP contribution in [0.3, 0.4) is 0 Å². The standard InChI is InChI=1S/C18H16ClN3O2/c1-2-20-17(23)15-10-13-4-3-9-21-16(13)22(18(15)24)11-12-5-7-14(19)8-6-12/h3-10H,2,11H2,1H3,(H,20,23). The van der Waals surface area contributed by atoms with Crippen LogP contribution in [-0.4, -0.2) is 22.0 Å². The van der Waals surface area contributed by atoms with Crippen LogP contribution in [0.15, 0.2) is 53.5 Å². The molecule has 5 nitrogen and oxygen atoms in total. The van der Waals surface area contributed by atoms with Crippen LogP contribution in [0.25, 0.3) is 11.0 Å². The number of halogens is 1. The van der Waals surface area contributed by atoms with Gasteiger partial charge < -0.3 is 5.32 Å². The fraction of sp³-hybridized carbons (Fsp3) is 0.167. The van der Waals surface area contributed by atoms with Crippen LogP contribution in [0.4, 0.5) is 0 Å². The minimum atomic E-state index is -0.377. The number of amides is 1. The summed E-state index contributed by atoms with van der Waals surface area (Å²) >= 11 is 5.91. The van der Waals surface area contributed by atoms with E-state index in [1.807, 2.05) is 25.1 Å². The van der Waals surface area contributed by atoms with Crippen LogP contribution in [0, 0.1) is 0 Å². The SMILES string of the molecule is CCNC(=O)c1cc2cccnc2n(Cc2ccc(Cl)cc2)c1=O. The molecule has 1 N–H and O–H groups in total. The zero-order chi connectivity index (χ0) is 17.1. The van der Waals surface area contributed by atoms with Crippen LogP contribution in [0.1, 0.15) is 22.8 Å². The molecule has 0 saturated carbocycles. The minimum absolute atomic E-state index is 0.117. The highest BCUT2D eigenvalue weighted by Gasteiger charge is 2.15. The molecule has 0 aliphatic heterocycles. The van der Waals surface area contributed by atoms with Gasteiger partial charge in [-0.3, -0.25) is 14.2 Å². The van der Waals surface area contributed by atoms with Gasteiger partial charge >= 0.3 is 0 Å². The topological polar surface area (TPSA) is 64.0 Å². The molecule has 0 atom stereocenters. The quantitative estimate of drug-likeness (QED) is 0.793. The Bertz CT molecular complexity index is 949. The van der Waals surface area contributed by atoms with E-state index in [9.17, 15) is 9.59 Å². The summed E-state index contributed by atoms with van der Waals surface area (Å²) in [5.74, 6) is -0.377. The maximum atomic E-state index is 12.8. The molecule has 0 bridgehead atoms. The van der Waals surface area contributed by atoms with E-state index in [0.717, 1.165) is 10.9 Å². The lowest BCUT2D eigenvalue weighted by atomic mass is 10.1. The molecule has 0 unspecified atom stereocenters. The van der Waals surface area contributed by atoms with Crippen molar-refractivity contribution in [3.63, 3.8) is 0 Å². The molecule has 0 radical (unpaired) electrons. The predicted molar refractivity (Wildman–Crippen MR) is 94.6 cm³/mol. The van der Waals surface area contributed by atoms with Crippen LogP contribution in [-0.2, 0) is 6.54 Å². The second-order valence-electron chi connectivity index (χ2n) is 5.35. The van der Waals surface area contributed by atoms with Crippen molar-refractivity contribution in [1.82, 2.24) is 14.9 Å². The van der Waals surface area contributed by atoms with Gasteiger partial charge in [0.1, 0.15) is 11.2 Å². The second kappa shape index (κ2) is 6.84. The van der Waals surface area contributed by atoms with Crippen molar-refractivity contribution in [1.29, 1.82) is 0 Å². The lowest BCUT2D eigenvalue weighted by molar-refractivity contribution is 0.0954. The first-order valence-electron chi connectivity index (χ1n) is 7.61. The summed E-state index contributed by atoms with van der Waals surface area (Å²) in [6.45, 7) is 2.59. The van der Waals surface area contributed by atoms with E-state index in [4.69, 9.17) is 11.6 Å². The molecule has 0 fully saturated rings. The highest BCUT2D eigenvalue weighted by atomic mass is 35.5. The molecule has 1 aromatic carbocycles. The fourth-order valence-corrected chi connectivity index (χ4v) is 2.67. The molecule has 122 valence electrons. The zero-order valence-electron chi connectivity index (χ0n) is 13.1. The lowest BCUT2D eigenvalue weighted by Crippen LogP contribution is -2.33. The number of hydrogen-bond acceptors (Lipinski definition) is 3. The summed E-state index contributed by atoms with van der Waals surface area (Å²) in [5.41, 5.74) is 1.21. The normalized spacial score (nSPS) is 10.8. The Morgan fingerprint density at radius 3 is 2.71 bits per heavy atom. The number of carbonyl (C=O) groups is 1. The van der Waals surface area contributed by atoms with Gasteiger partial charge in [0.05, 0.1) is 6.54 Å². The van der Waals surface area contributed by atoms with Crippen molar-refractivity contribution >= 4 is 28.5 Å². The number of benzene rings is 1. The Kier molecular flexibility index (Phi) is 4.62. The maximum Gasteiger partial charge on any atom is 0.265 e. The smallest absolute Gasteiger partial charge is 0.265 e. The Labute approximate surface area is 143 Å². The van der Waals surface area contributed by atoms with Crippen LogP contribution in [0.5, 0.6) is 0 Å². The summed E-state index contributed by atoms with van der Waals surface area (Å²) in [6.07, 6.45) is 1.63. The summed E-state index contributed by atoms with van der Waals surface area (Å²) < 4.78 is 1.52. The Morgan fingerprint density at radius 2 is 2.00 bits per heavy atom. The predicted octanol–water partition coefficient (Wildman–Crippen LogP) is 2.85. The number of nitrogens with zero attached hydrogens (tertiary/aromatic N) is 2. The lowest BCUT2D eigenvalue weighted by Gasteiger charge is -2.12. The molecule has 3 aromatic rings. The Hall–Kier alpha value is -2.66. The van der Waals surface area contributed by atoms with Crippen molar-refractivity contribution in [3.05, 3.63) is 75.2 Å². The molecule has 6 heteroatoms. The van der Waals surface area contributed by atoms with Crippen LogP contribution < -0.4 is 10.9 Å². The van der Waals surface area contributed by atoms with E-state index in [2.05, 4.69) is 10.3 Å². The first-order valence-corrected chi connectivity index (χ1v) is 7.99. The number of rotatable bonds is 4. The minimum Gasteiger partial charge on any atom is -0.352 e. The maximum absolute atomic E-state index is 12.8.